The van der Waals surface area contributed by atoms with E-state index in [1.807, 2.05) is 13.8 Å². The summed E-state index contributed by atoms with van der Waals surface area (Å²) in [5, 5.41) is 0. The lowest BCUT2D eigenvalue weighted by molar-refractivity contribution is 0.0619. The van der Waals surface area contributed by atoms with Crippen molar-refractivity contribution in [3.8, 4) is 0 Å². The van der Waals surface area contributed by atoms with E-state index in [0.29, 0.717) is 18.2 Å². The summed E-state index contributed by atoms with van der Waals surface area (Å²) in [5.74, 6) is 0. The number of hydrogen-bond acceptors (Lipinski definition) is 2. The number of rotatable bonds is 2. The molecule has 0 heterocycles. The molecule has 0 amide bonds. The van der Waals surface area contributed by atoms with Crippen LogP contribution in [0.2, 0.25) is 0 Å². The molecule has 1 aliphatic rings. The fourth-order valence-electron chi connectivity index (χ4n) is 0.696. The van der Waals surface area contributed by atoms with Crippen molar-refractivity contribution in [1.29, 1.82) is 0 Å². The lowest BCUT2D eigenvalue weighted by Crippen LogP contribution is -2.12. The van der Waals surface area contributed by atoms with Gasteiger partial charge in [0.1, 0.15) is 0 Å². The van der Waals surface area contributed by atoms with Crippen molar-refractivity contribution in [2.75, 3.05) is 0 Å². The fourth-order valence-corrected chi connectivity index (χ4v) is 0.696. The SMILES string of the molecule is CC(C)O[C@@H]1C[C@H]1N. The van der Waals surface area contributed by atoms with Gasteiger partial charge in [0.25, 0.3) is 0 Å². The van der Waals surface area contributed by atoms with Crippen molar-refractivity contribution in [3.05, 3.63) is 0 Å². The van der Waals surface area contributed by atoms with E-state index >= 15 is 0 Å². The van der Waals surface area contributed by atoms with Crippen molar-refractivity contribution in [2.45, 2.75) is 38.5 Å². The van der Waals surface area contributed by atoms with E-state index in [4.69, 9.17) is 10.5 Å². The Morgan fingerprint density at radius 2 is 2.12 bits per heavy atom. The number of ether oxygens (including phenoxy) is 1. The Balaban J connectivity index is 2.05. The van der Waals surface area contributed by atoms with Gasteiger partial charge in [-0.15, -0.1) is 0 Å². The van der Waals surface area contributed by atoms with Gasteiger partial charge in [0.15, 0.2) is 0 Å². The van der Waals surface area contributed by atoms with Gasteiger partial charge in [-0.3, -0.25) is 0 Å². The Kier molecular flexibility index (Phi) is 1.54. The Bertz CT molecular complexity index is 82.6. The molecule has 48 valence electrons. The van der Waals surface area contributed by atoms with Crippen LogP contribution in [0, 0.1) is 0 Å². The number of hydrogen-bond donors (Lipinski definition) is 1. The molecule has 0 aromatic heterocycles. The van der Waals surface area contributed by atoms with Crippen LogP contribution in [0.5, 0.6) is 0 Å². The molecule has 0 bridgehead atoms. The van der Waals surface area contributed by atoms with Gasteiger partial charge in [-0.05, 0) is 20.3 Å². The van der Waals surface area contributed by atoms with Crippen LogP contribution in [-0.4, -0.2) is 18.2 Å². The van der Waals surface area contributed by atoms with Crippen molar-refractivity contribution >= 4 is 0 Å². The van der Waals surface area contributed by atoms with Crippen LogP contribution < -0.4 is 5.73 Å². The first-order valence-electron chi connectivity index (χ1n) is 3.11. The monoisotopic (exact) mass is 115 g/mol. The zero-order chi connectivity index (χ0) is 6.15. The third-order valence-electron chi connectivity index (χ3n) is 1.23. The highest BCUT2D eigenvalue weighted by Crippen LogP contribution is 2.23. The average molecular weight is 115 g/mol. The summed E-state index contributed by atoms with van der Waals surface area (Å²) in [6, 6.07) is 0.331. The standard InChI is InChI=1S/C6H13NO/c1-4(2)8-6-3-5(6)7/h4-6H,3,7H2,1-2H3/t5-,6-/m1/s1. The second-order valence-corrected chi connectivity index (χ2v) is 2.62. The highest BCUT2D eigenvalue weighted by atomic mass is 16.5. The zero-order valence-corrected chi connectivity index (χ0v) is 5.42. The lowest BCUT2D eigenvalue weighted by Gasteiger charge is -2.03. The van der Waals surface area contributed by atoms with Crippen LogP contribution in [-0.2, 0) is 4.74 Å². The molecule has 1 fully saturated rings. The molecule has 0 radical (unpaired) electrons. The van der Waals surface area contributed by atoms with Gasteiger partial charge in [0.05, 0.1) is 12.2 Å². The third-order valence-corrected chi connectivity index (χ3v) is 1.23. The van der Waals surface area contributed by atoms with Gasteiger partial charge < -0.3 is 10.5 Å². The van der Waals surface area contributed by atoms with Crippen molar-refractivity contribution < 1.29 is 4.74 Å². The van der Waals surface area contributed by atoms with Crippen LogP contribution in [0.3, 0.4) is 0 Å². The maximum atomic E-state index is 5.49. The summed E-state index contributed by atoms with van der Waals surface area (Å²) in [6.07, 6.45) is 1.77. The largest absolute Gasteiger partial charge is 0.374 e. The molecule has 2 atom stereocenters. The minimum atomic E-state index is 0.331. The minimum Gasteiger partial charge on any atom is -0.374 e. The maximum Gasteiger partial charge on any atom is 0.0746 e. The Hall–Kier alpha value is -0.0800. The first kappa shape index (κ1) is 6.05. The summed E-state index contributed by atoms with van der Waals surface area (Å²) < 4.78 is 5.35. The Labute approximate surface area is 50.0 Å². The van der Waals surface area contributed by atoms with E-state index in [1.54, 1.807) is 0 Å². The molecule has 0 aromatic rings. The van der Waals surface area contributed by atoms with E-state index in [9.17, 15) is 0 Å². The highest BCUT2D eigenvalue weighted by molar-refractivity contribution is 4.91. The van der Waals surface area contributed by atoms with Crippen LogP contribution in [0.25, 0.3) is 0 Å². The first-order chi connectivity index (χ1) is 3.70. The molecule has 1 aliphatic carbocycles. The van der Waals surface area contributed by atoms with Gasteiger partial charge in [0, 0.05) is 6.04 Å². The molecule has 2 N–H and O–H groups in total. The van der Waals surface area contributed by atoms with E-state index in [0.717, 1.165) is 6.42 Å². The molecule has 0 aromatic carbocycles. The molecule has 1 saturated carbocycles. The topological polar surface area (TPSA) is 35.2 Å². The van der Waals surface area contributed by atoms with Gasteiger partial charge in [-0.1, -0.05) is 0 Å². The summed E-state index contributed by atoms with van der Waals surface area (Å²) in [6.45, 7) is 4.07. The van der Waals surface area contributed by atoms with Crippen molar-refractivity contribution in [2.24, 2.45) is 5.73 Å². The summed E-state index contributed by atoms with van der Waals surface area (Å²) >= 11 is 0. The fraction of sp³-hybridized carbons (Fsp3) is 1.00. The maximum absolute atomic E-state index is 5.49. The lowest BCUT2D eigenvalue weighted by atomic mass is 10.5. The smallest absolute Gasteiger partial charge is 0.0746 e. The molecule has 2 nitrogen and oxygen atoms in total. The average Bonchev–Trinajstić information content (AvgIpc) is 2.17. The van der Waals surface area contributed by atoms with Crippen LogP contribution in [0.1, 0.15) is 20.3 Å². The normalized spacial score (nSPS) is 36.0. The van der Waals surface area contributed by atoms with E-state index in [2.05, 4.69) is 0 Å². The summed E-state index contributed by atoms with van der Waals surface area (Å²) in [5.41, 5.74) is 5.49. The van der Waals surface area contributed by atoms with Gasteiger partial charge in [0.2, 0.25) is 0 Å². The van der Waals surface area contributed by atoms with Crippen molar-refractivity contribution in [1.82, 2.24) is 0 Å². The third kappa shape index (κ3) is 1.46. The molecule has 0 saturated heterocycles. The molecule has 1 rings (SSSR count). The minimum absolute atomic E-state index is 0.331. The molecule has 0 unspecified atom stereocenters. The quantitative estimate of drug-likeness (QED) is 0.569. The van der Waals surface area contributed by atoms with Crippen LogP contribution in [0.4, 0.5) is 0 Å². The molecule has 0 spiro atoms. The number of nitrogens with two attached hydrogens (primary N) is 1. The van der Waals surface area contributed by atoms with Crippen LogP contribution >= 0.6 is 0 Å². The predicted molar refractivity (Wildman–Crippen MR) is 32.6 cm³/mol. The van der Waals surface area contributed by atoms with Gasteiger partial charge in [-0.25, -0.2) is 0 Å². The molecular weight excluding hydrogens is 102 g/mol. The summed E-state index contributed by atoms with van der Waals surface area (Å²) in [4.78, 5) is 0. The zero-order valence-electron chi connectivity index (χ0n) is 5.42. The second kappa shape index (κ2) is 2.03. The second-order valence-electron chi connectivity index (χ2n) is 2.62. The predicted octanol–water partition coefficient (Wildman–Crippen LogP) is 0.511. The highest BCUT2D eigenvalue weighted by Gasteiger charge is 2.34. The van der Waals surface area contributed by atoms with Crippen LogP contribution in [0.15, 0.2) is 0 Å². The van der Waals surface area contributed by atoms with Gasteiger partial charge in [-0.2, -0.15) is 0 Å². The molecule has 2 heteroatoms. The molecular formula is C6H13NO. The Morgan fingerprint density at radius 1 is 1.62 bits per heavy atom. The summed E-state index contributed by atoms with van der Waals surface area (Å²) in [7, 11) is 0. The molecule has 0 aliphatic heterocycles. The molecule has 8 heavy (non-hydrogen) atoms. The first-order valence-corrected chi connectivity index (χ1v) is 3.11. The Morgan fingerprint density at radius 3 is 2.25 bits per heavy atom. The van der Waals surface area contributed by atoms with Gasteiger partial charge >= 0.3 is 0 Å². The van der Waals surface area contributed by atoms with E-state index < -0.39 is 0 Å². The van der Waals surface area contributed by atoms with E-state index in [-0.39, 0.29) is 0 Å². The van der Waals surface area contributed by atoms with Crippen molar-refractivity contribution in [3.63, 3.8) is 0 Å². The van der Waals surface area contributed by atoms with E-state index in [1.165, 1.54) is 0 Å².